The Morgan fingerprint density at radius 1 is 1.35 bits per heavy atom. The largest absolute Gasteiger partial charge is 0.480 e. The van der Waals surface area contributed by atoms with E-state index in [1.807, 2.05) is 4.90 Å². The maximum Gasteiger partial charge on any atom is 0.317 e. The van der Waals surface area contributed by atoms with Crippen molar-refractivity contribution in [2.75, 3.05) is 39.3 Å². The third-order valence-corrected chi connectivity index (χ3v) is 3.79. The zero-order valence-corrected chi connectivity index (χ0v) is 10.5. The highest BCUT2D eigenvalue weighted by molar-refractivity contribution is 5.69. The summed E-state index contributed by atoms with van der Waals surface area (Å²) < 4.78 is 5.60. The highest BCUT2D eigenvalue weighted by Crippen LogP contribution is 2.20. The van der Waals surface area contributed by atoms with Crippen molar-refractivity contribution in [1.29, 1.82) is 0 Å². The summed E-state index contributed by atoms with van der Waals surface area (Å²) >= 11 is 0. The fourth-order valence-electron chi connectivity index (χ4n) is 2.87. The molecule has 0 spiro atoms. The molecule has 5 nitrogen and oxygen atoms in total. The molecule has 0 aliphatic carbocycles. The summed E-state index contributed by atoms with van der Waals surface area (Å²) in [6.07, 6.45) is 2.48. The van der Waals surface area contributed by atoms with E-state index in [2.05, 4.69) is 11.8 Å². The predicted molar refractivity (Wildman–Crippen MR) is 64.1 cm³/mol. The first-order valence-corrected chi connectivity index (χ1v) is 6.46. The van der Waals surface area contributed by atoms with Crippen LogP contribution in [-0.4, -0.2) is 72.4 Å². The molecule has 0 amide bonds. The lowest BCUT2D eigenvalue weighted by atomic mass is 10.1. The topological polar surface area (TPSA) is 53.0 Å². The van der Waals surface area contributed by atoms with Crippen LogP contribution in [0.4, 0.5) is 0 Å². The van der Waals surface area contributed by atoms with Gasteiger partial charge < -0.3 is 9.84 Å². The van der Waals surface area contributed by atoms with Crippen LogP contribution in [0.3, 0.4) is 0 Å². The van der Waals surface area contributed by atoms with Gasteiger partial charge >= 0.3 is 5.97 Å². The second-order valence-corrected chi connectivity index (χ2v) is 4.99. The van der Waals surface area contributed by atoms with Crippen molar-refractivity contribution in [3.05, 3.63) is 0 Å². The number of carboxylic acid groups (broad SMARTS) is 1. The molecule has 98 valence electrons. The molecule has 2 rings (SSSR count). The van der Waals surface area contributed by atoms with Crippen LogP contribution in [0, 0.1) is 0 Å². The maximum absolute atomic E-state index is 10.7. The molecule has 17 heavy (non-hydrogen) atoms. The van der Waals surface area contributed by atoms with Crippen LogP contribution >= 0.6 is 0 Å². The molecule has 2 aliphatic heterocycles. The summed E-state index contributed by atoms with van der Waals surface area (Å²) in [4.78, 5) is 15.2. The maximum atomic E-state index is 10.7. The van der Waals surface area contributed by atoms with Crippen LogP contribution in [0.25, 0.3) is 0 Å². The van der Waals surface area contributed by atoms with Crippen LogP contribution in [0.15, 0.2) is 0 Å². The first kappa shape index (κ1) is 12.8. The molecular weight excluding hydrogens is 220 g/mol. The highest BCUT2D eigenvalue weighted by Gasteiger charge is 2.30. The Labute approximate surface area is 102 Å². The molecule has 2 atom stereocenters. The zero-order valence-electron chi connectivity index (χ0n) is 10.5. The molecular formula is C12H22N2O3. The standard InChI is InChI=1S/C12H22N2O3/c1-10-11(3-8-17-10)14-5-2-4-13(6-7-14)9-12(15)16/h10-11H,2-9H2,1H3,(H,15,16). The number of hydrogen-bond acceptors (Lipinski definition) is 4. The van der Waals surface area contributed by atoms with Crippen molar-refractivity contribution in [3.63, 3.8) is 0 Å². The van der Waals surface area contributed by atoms with Gasteiger partial charge in [-0.15, -0.1) is 0 Å². The minimum atomic E-state index is -0.726. The van der Waals surface area contributed by atoms with Gasteiger partial charge in [0.1, 0.15) is 0 Å². The van der Waals surface area contributed by atoms with Gasteiger partial charge in [-0.25, -0.2) is 0 Å². The number of nitrogens with zero attached hydrogens (tertiary/aromatic N) is 2. The molecule has 2 heterocycles. The Hall–Kier alpha value is -0.650. The van der Waals surface area contributed by atoms with Crippen LogP contribution in [0.2, 0.25) is 0 Å². The lowest BCUT2D eigenvalue weighted by molar-refractivity contribution is -0.138. The van der Waals surface area contributed by atoms with E-state index in [9.17, 15) is 4.79 Å². The monoisotopic (exact) mass is 242 g/mol. The first-order valence-electron chi connectivity index (χ1n) is 6.46. The van der Waals surface area contributed by atoms with Gasteiger partial charge in [0.25, 0.3) is 0 Å². The van der Waals surface area contributed by atoms with E-state index in [0.717, 1.165) is 45.6 Å². The Bertz CT molecular complexity index is 272. The summed E-state index contributed by atoms with van der Waals surface area (Å²) in [6.45, 7) is 6.95. The fourth-order valence-corrected chi connectivity index (χ4v) is 2.87. The Morgan fingerprint density at radius 2 is 2.18 bits per heavy atom. The third kappa shape index (κ3) is 3.40. The number of carbonyl (C=O) groups is 1. The molecule has 5 heteroatoms. The third-order valence-electron chi connectivity index (χ3n) is 3.79. The van der Waals surface area contributed by atoms with Gasteiger partial charge in [-0.3, -0.25) is 14.6 Å². The average Bonchev–Trinajstić information content (AvgIpc) is 2.56. The molecule has 2 saturated heterocycles. The summed E-state index contributed by atoms with van der Waals surface area (Å²) in [7, 11) is 0. The normalized spacial score (nSPS) is 32.5. The SMILES string of the molecule is CC1OCCC1N1CCCN(CC(=O)O)CC1. The van der Waals surface area contributed by atoms with Gasteiger partial charge in [0.2, 0.25) is 0 Å². The number of carboxylic acids is 1. The van der Waals surface area contributed by atoms with Gasteiger partial charge in [0.05, 0.1) is 12.6 Å². The van der Waals surface area contributed by atoms with Crippen molar-refractivity contribution < 1.29 is 14.6 Å². The summed E-state index contributed by atoms with van der Waals surface area (Å²) in [6, 6.07) is 0.528. The van der Waals surface area contributed by atoms with E-state index in [4.69, 9.17) is 9.84 Å². The van der Waals surface area contributed by atoms with Gasteiger partial charge in [-0.1, -0.05) is 0 Å². The van der Waals surface area contributed by atoms with Crippen molar-refractivity contribution >= 4 is 5.97 Å². The minimum absolute atomic E-state index is 0.171. The molecule has 2 unspecified atom stereocenters. The van der Waals surface area contributed by atoms with Gasteiger partial charge in [-0.05, 0) is 26.3 Å². The molecule has 0 aromatic carbocycles. The lowest BCUT2D eigenvalue weighted by Crippen LogP contribution is -2.42. The summed E-state index contributed by atoms with van der Waals surface area (Å²) in [5.41, 5.74) is 0. The first-order chi connectivity index (χ1) is 8.16. The van der Waals surface area contributed by atoms with Crippen molar-refractivity contribution in [2.24, 2.45) is 0 Å². The van der Waals surface area contributed by atoms with Crippen LogP contribution < -0.4 is 0 Å². The van der Waals surface area contributed by atoms with E-state index in [1.54, 1.807) is 0 Å². The van der Waals surface area contributed by atoms with Gasteiger partial charge in [-0.2, -0.15) is 0 Å². The van der Waals surface area contributed by atoms with E-state index in [0.29, 0.717) is 12.1 Å². The predicted octanol–water partition coefficient (Wildman–Crippen LogP) is 0.256. The van der Waals surface area contributed by atoms with Crippen molar-refractivity contribution in [1.82, 2.24) is 9.80 Å². The van der Waals surface area contributed by atoms with Gasteiger partial charge in [0, 0.05) is 32.3 Å². The Kier molecular flexibility index (Phi) is 4.36. The second-order valence-electron chi connectivity index (χ2n) is 4.99. The number of hydrogen-bond donors (Lipinski definition) is 1. The van der Waals surface area contributed by atoms with Gasteiger partial charge in [0.15, 0.2) is 0 Å². The molecule has 0 aromatic heterocycles. The Balaban J connectivity index is 1.84. The molecule has 1 N–H and O–H groups in total. The molecule has 0 saturated carbocycles. The minimum Gasteiger partial charge on any atom is -0.480 e. The second kappa shape index (κ2) is 5.80. The average molecular weight is 242 g/mol. The smallest absolute Gasteiger partial charge is 0.317 e. The van der Waals surface area contributed by atoms with Crippen molar-refractivity contribution in [2.45, 2.75) is 31.9 Å². The zero-order chi connectivity index (χ0) is 12.3. The highest BCUT2D eigenvalue weighted by atomic mass is 16.5. The molecule has 2 aliphatic rings. The number of ether oxygens (including phenoxy) is 1. The van der Waals surface area contributed by atoms with E-state index >= 15 is 0 Å². The van der Waals surface area contributed by atoms with Crippen molar-refractivity contribution in [3.8, 4) is 0 Å². The fraction of sp³-hybridized carbons (Fsp3) is 0.917. The molecule has 0 radical (unpaired) electrons. The lowest BCUT2D eigenvalue weighted by Gasteiger charge is -2.29. The quantitative estimate of drug-likeness (QED) is 0.769. The van der Waals surface area contributed by atoms with E-state index in [-0.39, 0.29) is 6.54 Å². The number of rotatable bonds is 3. The van der Waals surface area contributed by atoms with Crippen LogP contribution in [-0.2, 0) is 9.53 Å². The van der Waals surface area contributed by atoms with Crippen LogP contribution in [0.1, 0.15) is 19.8 Å². The molecule has 2 fully saturated rings. The molecule has 0 bridgehead atoms. The van der Waals surface area contributed by atoms with Crippen LogP contribution in [0.5, 0.6) is 0 Å². The molecule has 0 aromatic rings. The summed E-state index contributed by atoms with van der Waals surface area (Å²) in [5, 5.41) is 8.80. The Morgan fingerprint density at radius 3 is 2.82 bits per heavy atom. The van der Waals surface area contributed by atoms with E-state index in [1.165, 1.54) is 0 Å². The summed E-state index contributed by atoms with van der Waals surface area (Å²) in [5.74, 6) is -0.726. The number of aliphatic carboxylic acids is 1. The van der Waals surface area contributed by atoms with E-state index < -0.39 is 5.97 Å².